The van der Waals surface area contributed by atoms with Gasteiger partial charge in [0.05, 0.1) is 5.70 Å². The summed E-state index contributed by atoms with van der Waals surface area (Å²) in [6, 6.07) is 12.9. The number of ether oxygens (including phenoxy) is 1. The third-order valence-electron chi connectivity index (χ3n) is 4.10. The number of allylic oxidation sites excluding steroid dienone is 1. The monoisotopic (exact) mass is 474 g/mol. The van der Waals surface area contributed by atoms with Gasteiger partial charge in [0, 0.05) is 16.1 Å². The van der Waals surface area contributed by atoms with E-state index in [9.17, 15) is 27.5 Å². The highest BCUT2D eigenvalue weighted by Gasteiger charge is 2.51. The molecule has 10 heteroatoms. The van der Waals surface area contributed by atoms with Gasteiger partial charge in [-0.05, 0) is 35.9 Å². The van der Waals surface area contributed by atoms with Crippen LogP contribution in [0.2, 0.25) is 0 Å². The molecule has 0 spiro atoms. The number of benzene rings is 2. The Balaban J connectivity index is 1.78. The summed E-state index contributed by atoms with van der Waals surface area (Å²) in [5.74, 6) is -0.529. The minimum atomic E-state index is -3.50. The van der Waals surface area contributed by atoms with Gasteiger partial charge < -0.3 is 9.84 Å². The SMILES string of the molecule is O=C(c1cccc(COc2cccc(Br)c2)c1)N1NC(C(F)F)=CC1(O)C(F)F. The van der Waals surface area contributed by atoms with Crippen LogP contribution >= 0.6 is 15.9 Å². The van der Waals surface area contributed by atoms with Crippen LogP contribution in [-0.4, -0.2) is 34.6 Å². The van der Waals surface area contributed by atoms with E-state index in [0.717, 1.165) is 4.47 Å². The van der Waals surface area contributed by atoms with Crippen LogP contribution in [-0.2, 0) is 6.61 Å². The Labute approximate surface area is 171 Å². The van der Waals surface area contributed by atoms with Crippen LogP contribution in [0.15, 0.2) is 64.8 Å². The van der Waals surface area contributed by atoms with E-state index in [0.29, 0.717) is 11.3 Å². The second-order valence-corrected chi connectivity index (χ2v) is 7.10. The van der Waals surface area contributed by atoms with Crippen molar-refractivity contribution in [2.24, 2.45) is 0 Å². The van der Waals surface area contributed by atoms with Crippen LogP contribution in [0.25, 0.3) is 0 Å². The number of halogens is 5. The van der Waals surface area contributed by atoms with Gasteiger partial charge >= 0.3 is 0 Å². The lowest BCUT2D eigenvalue weighted by Crippen LogP contribution is -2.56. The van der Waals surface area contributed by atoms with Gasteiger partial charge in [-0.1, -0.05) is 34.1 Å². The number of nitrogens with one attached hydrogen (secondary N) is 1. The molecule has 0 radical (unpaired) electrons. The molecule has 0 saturated carbocycles. The molecule has 2 aromatic carbocycles. The Morgan fingerprint density at radius 3 is 2.55 bits per heavy atom. The maximum atomic E-state index is 13.3. The second-order valence-electron chi connectivity index (χ2n) is 6.18. The van der Waals surface area contributed by atoms with E-state index in [2.05, 4.69) is 15.9 Å². The molecule has 2 N–H and O–H groups in total. The fourth-order valence-corrected chi connectivity index (χ4v) is 3.06. The molecule has 1 atom stereocenters. The summed E-state index contributed by atoms with van der Waals surface area (Å²) in [6.07, 6.45) is -6.42. The minimum Gasteiger partial charge on any atom is -0.489 e. The Hall–Kier alpha value is -2.59. The zero-order chi connectivity index (χ0) is 21.2. The summed E-state index contributed by atoms with van der Waals surface area (Å²) in [7, 11) is 0. The van der Waals surface area contributed by atoms with Crippen molar-refractivity contribution < 1.29 is 32.2 Å². The van der Waals surface area contributed by atoms with Crippen LogP contribution in [0.1, 0.15) is 15.9 Å². The van der Waals surface area contributed by atoms with Crippen molar-refractivity contribution in [1.29, 1.82) is 0 Å². The first-order chi connectivity index (χ1) is 13.7. The number of rotatable bonds is 6. The first kappa shape index (κ1) is 21.1. The van der Waals surface area contributed by atoms with E-state index >= 15 is 0 Å². The molecule has 1 unspecified atom stereocenters. The van der Waals surface area contributed by atoms with E-state index in [1.165, 1.54) is 18.2 Å². The van der Waals surface area contributed by atoms with E-state index < -0.39 is 30.2 Å². The molecule has 3 rings (SSSR count). The number of nitrogens with zero attached hydrogens (tertiary/aromatic N) is 1. The molecule has 0 aromatic heterocycles. The zero-order valence-electron chi connectivity index (χ0n) is 14.7. The largest absolute Gasteiger partial charge is 0.489 e. The van der Waals surface area contributed by atoms with Gasteiger partial charge in [-0.2, -0.15) is 0 Å². The minimum absolute atomic E-state index is 0.0741. The molecule has 1 heterocycles. The third kappa shape index (κ3) is 4.54. The fourth-order valence-electron chi connectivity index (χ4n) is 2.68. The van der Waals surface area contributed by atoms with E-state index in [-0.39, 0.29) is 23.3 Å². The molecule has 5 nitrogen and oxygen atoms in total. The molecule has 1 aliphatic heterocycles. The van der Waals surface area contributed by atoms with Gasteiger partial charge in [0.25, 0.3) is 18.8 Å². The summed E-state index contributed by atoms with van der Waals surface area (Å²) in [5, 5.41) is 10.2. The highest BCUT2D eigenvalue weighted by atomic mass is 79.9. The molecule has 0 bridgehead atoms. The third-order valence-corrected chi connectivity index (χ3v) is 4.60. The molecule has 1 amide bonds. The van der Waals surface area contributed by atoms with Crippen molar-refractivity contribution in [1.82, 2.24) is 10.4 Å². The number of hydrogen-bond donors (Lipinski definition) is 2. The Morgan fingerprint density at radius 1 is 1.17 bits per heavy atom. The molecule has 154 valence electrons. The van der Waals surface area contributed by atoms with Gasteiger partial charge in [0.2, 0.25) is 5.72 Å². The zero-order valence-corrected chi connectivity index (χ0v) is 16.2. The van der Waals surface area contributed by atoms with Crippen molar-refractivity contribution in [3.63, 3.8) is 0 Å². The van der Waals surface area contributed by atoms with Crippen LogP contribution in [0.4, 0.5) is 17.6 Å². The highest BCUT2D eigenvalue weighted by molar-refractivity contribution is 9.10. The van der Waals surface area contributed by atoms with E-state index in [1.54, 1.807) is 24.3 Å². The van der Waals surface area contributed by atoms with Crippen molar-refractivity contribution in [3.8, 4) is 5.75 Å². The number of hydrazine groups is 1. The van der Waals surface area contributed by atoms with Gasteiger partial charge in [-0.3, -0.25) is 10.2 Å². The summed E-state index contributed by atoms with van der Waals surface area (Å²) >= 11 is 3.31. The van der Waals surface area contributed by atoms with Crippen LogP contribution < -0.4 is 10.2 Å². The van der Waals surface area contributed by atoms with Gasteiger partial charge in [-0.15, -0.1) is 0 Å². The predicted molar refractivity (Wildman–Crippen MR) is 99.3 cm³/mol. The molecule has 29 heavy (non-hydrogen) atoms. The molecule has 0 fully saturated rings. The number of carbonyl (C=O) groups is 1. The number of aliphatic hydroxyl groups is 1. The number of amides is 1. The van der Waals surface area contributed by atoms with Crippen molar-refractivity contribution in [2.75, 3.05) is 0 Å². The first-order valence-corrected chi connectivity index (χ1v) is 9.10. The first-order valence-electron chi connectivity index (χ1n) is 8.30. The van der Waals surface area contributed by atoms with Crippen LogP contribution in [0.3, 0.4) is 0 Å². The highest BCUT2D eigenvalue weighted by Crippen LogP contribution is 2.31. The average Bonchev–Trinajstić information content (AvgIpc) is 3.05. The average molecular weight is 475 g/mol. The topological polar surface area (TPSA) is 61.8 Å². The van der Waals surface area contributed by atoms with Crippen molar-refractivity contribution >= 4 is 21.8 Å². The van der Waals surface area contributed by atoms with Crippen molar-refractivity contribution in [2.45, 2.75) is 25.2 Å². The van der Waals surface area contributed by atoms with Gasteiger partial charge in [-0.25, -0.2) is 22.6 Å². The van der Waals surface area contributed by atoms with E-state index in [1.807, 2.05) is 11.5 Å². The maximum absolute atomic E-state index is 13.3. The predicted octanol–water partition coefficient (Wildman–Crippen LogP) is 4.09. The van der Waals surface area contributed by atoms with Gasteiger partial charge in [0.15, 0.2) is 0 Å². The molecule has 1 aliphatic rings. The summed E-state index contributed by atoms with van der Waals surface area (Å²) in [6.45, 7) is 0.0741. The quantitative estimate of drug-likeness (QED) is 0.619. The summed E-state index contributed by atoms with van der Waals surface area (Å²) in [4.78, 5) is 12.7. The van der Waals surface area contributed by atoms with Crippen LogP contribution in [0, 0.1) is 0 Å². The lowest BCUT2D eigenvalue weighted by Gasteiger charge is -2.31. The number of alkyl halides is 4. The Morgan fingerprint density at radius 2 is 1.90 bits per heavy atom. The maximum Gasteiger partial charge on any atom is 0.291 e. The standard InChI is InChI=1S/C19H15BrF4N2O3/c20-13-5-2-6-14(8-13)29-10-11-3-1-4-12(7-11)17(27)26-19(28,18(23)24)9-15(25-26)16(21)22/h1-9,16,18,25,28H,10H2. The van der Waals surface area contributed by atoms with Crippen LogP contribution in [0.5, 0.6) is 5.75 Å². The van der Waals surface area contributed by atoms with E-state index in [4.69, 9.17) is 4.74 Å². The molecular weight excluding hydrogens is 460 g/mol. The molecule has 2 aromatic rings. The summed E-state index contributed by atoms with van der Waals surface area (Å²) < 4.78 is 58.8. The molecule has 0 aliphatic carbocycles. The smallest absolute Gasteiger partial charge is 0.291 e. The molecular formula is C19H15BrF4N2O3. The fraction of sp³-hybridized carbons (Fsp3) is 0.211. The Kier molecular flexibility index (Phi) is 6.13. The lowest BCUT2D eigenvalue weighted by molar-refractivity contribution is -0.146. The summed E-state index contributed by atoms with van der Waals surface area (Å²) in [5.41, 5.74) is -1.84. The second kappa shape index (κ2) is 8.42. The lowest BCUT2D eigenvalue weighted by atomic mass is 10.1. The normalized spacial score (nSPS) is 18.8. The van der Waals surface area contributed by atoms with Crippen molar-refractivity contribution in [3.05, 3.63) is 75.9 Å². The number of hydrogen-bond acceptors (Lipinski definition) is 4. The number of carbonyl (C=O) groups excluding carboxylic acids is 1. The van der Waals surface area contributed by atoms with Gasteiger partial charge in [0.1, 0.15) is 12.4 Å². The Bertz CT molecular complexity index is 941. The molecule has 0 saturated heterocycles.